The third kappa shape index (κ3) is 4.06. The van der Waals surface area contributed by atoms with Crippen molar-refractivity contribution in [1.29, 1.82) is 0 Å². The molecule has 0 aliphatic heterocycles. The van der Waals surface area contributed by atoms with E-state index in [2.05, 4.69) is 30.9 Å². The highest BCUT2D eigenvalue weighted by atomic mass is 16.5. The topological polar surface area (TPSA) is 9.23 Å². The minimum absolute atomic E-state index is 0.638. The van der Waals surface area contributed by atoms with Crippen LogP contribution in [0.5, 0.6) is 0 Å². The first kappa shape index (κ1) is 10.7. The first-order valence-electron chi connectivity index (χ1n) is 4.70. The van der Waals surface area contributed by atoms with Crippen molar-refractivity contribution in [3.8, 4) is 0 Å². The number of allylic oxidation sites excluding steroid dienone is 1. The Morgan fingerprint density at radius 2 is 2.07 bits per heavy atom. The average Bonchev–Trinajstić information content (AvgIpc) is 2.20. The molecular weight excluding hydrogens is 172 g/mol. The zero-order valence-corrected chi connectivity index (χ0v) is 8.57. The van der Waals surface area contributed by atoms with Crippen molar-refractivity contribution in [2.45, 2.75) is 6.42 Å². The largest absolute Gasteiger partial charge is 0.380 e. The van der Waals surface area contributed by atoms with Crippen LogP contribution >= 0.6 is 0 Å². The summed E-state index contributed by atoms with van der Waals surface area (Å²) in [4.78, 5) is 0. The Balaban J connectivity index is 2.38. The van der Waals surface area contributed by atoms with Crippen LogP contribution in [0.2, 0.25) is 0 Å². The van der Waals surface area contributed by atoms with Crippen LogP contribution in [0.25, 0.3) is 6.08 Å². The second-order valence-corrected chi connectivity index (χ2v) is 3.20. The molecule has 0 aliphatic carbocycles. The van der Waals surface area contributed by atoms with Crippen molar-refractivity contribution < 1.29 is 4.74 Å². The fourth-order valence-electron chi connectivity index (χ4n) is 1.19. The molecule has 1 nitrogen and oxygen atoms in total. The van der Waals surface area contributed by atoms with E-state index in [1.54, 1.807) is 7.11 Å². The molecule has 0 unspecified atom stereocenters. The van der Waals surface area contributed by atoms with Gasteiger partial charge >= 0.3 is 0 Å². The summed E-state index contributed by atoms with van der Waals surface area (Å²) in [7, 11) is 1.69. The number of hydrogen-bond acceptors (Lipinski definition) is 1. The standard InChI is InChI=1S/C13H16O/c1-12(11-14-2)7-6-10-13-8-4-3-5-9-13/h3-6,8-10H,1,7,11H2,2H3. The van der Waals surface area contributed by atoms with Gasteiger partial charge in [0.2, 0.25) is 0 Å². The van der Waals surface area contributed by atoms with E-state index in [0.717, 1.165) is 12.0 Å². The second-order valence-electron chi connectivity index (χ2n) is 3.20. The number of hydrogen-bond donors (Lipinski definition) is 0. The van der Waals surface area contributed by atoms with E-state index in [-0.39, 0.29) is 0 Å². The van der Waals surface area contributed by atoms with Crippen molar-refractivity contribution in [2.75, 3.05) is 13.7 Å². The molecule has 0 heterocycles. The normalized spacial score (nSPS) is 10.6. The smallest absolute Gasteiger partial charge is 0.0673 e. The summed E-state index contributed by atoms with van der Waals surface area (Å²) < 4.78 is 4.97. The molecule has 0 spiro atoms. The zero-order valence-electron chi connectivity index (χ0n) is 8.57. The van der Waals surface area contributed by atoms with Crippen LogP contribution < -0.4 is 0 Å². The molecule has 0 saturated heterocycles. The van der Waals surface area contributed by atoms with Crippen molar-refractivity contribution in [1.82, 2.24) is 0 Å². The van der Waals surface area contributed by atoms with Crippen LogP contribution in [0.3, 0.4) is 0 Å². The zero-order chi connectivity index (χ0) is 10.2. The lowest BCUT2D eigenvalue weighted by molar-refractivity contribution is 0.224. The van der Waals surface area contributed by atoms with Gasteiger partial charge in [-0.2, -0.15) is 0 Å². The van der Waals surface area contributed by atoms with Crippen LogP contribution in [0.1, 0.15) is 12.0 Å². The second kappa shape index (κ2) is 6.17. The third-order valence-electron chi connectivity index (χ3n) is 1.86. The Kier molecular flexibility index (Phi) is 4.73. The average molecular weight is 188 g/mol. The van der Waals surface area contributed by atoms with E-state index < -0.39 is 0 Å². The summed E-state index contributed by atoms with van der Waals surface area (Å²) in [5.74, 6) is 0. The molecule has 74 valence electrons. The SMILES string of the molecule is C=C(CC=Cc1ccccc1)COC. The van der Waals surface area contributed by atoms with Crippen LogP contribution in [0.4, 0.5) is 0 Å². The summed E-state index contributed by atoms with van der Waals surface area (Å²) in [6.45, 7) is 4.54. The third-order valence-corrected chi connectivity index (χ3v) is 1.86. The van der Waals surface area contributed by atoms with Gasteiger partial charge in [-0.05, 0) is 17.6 Å². The summed E-state index contributed by atoms with van der Waals surface area (Å²) >= 11 is 0. The van der Waals surface area contributed by atoms with Gasteiger partial charge in [-0.25, -0.2) is 0 Å². The summed E-state index contributed by atoms with van der Waals surface area (Å²) in [5.41, 5.74) is 2.32. The molecule has 1 rings (SSSR count). The van der Waals surface area contributed by atoms with E-state index in [0.29, 0.717) is 6.61 Å². The summed E-state index contributed by atoms with van der Waals surface area (Å²) in [5, 5.41) is 0. The van der Waals surface area contributed by atoms with Gasteiger partial charge in [0.05, 0.1) is 6.61 Å². The van der Waals surface area contributed by atoms with Gasteiger partial charge in [0, 0.05) is 7.11 Å². The molecule has 0 fully saturated rings. The molecule has 14 heavy (non-hydrogen) atoms. The number of benzene rings is 1. The van der Waals surface area contributed by atoms with Gasteiger partial charge < -0.3 is 4.74 Å². The van der Waals surface area contributed by atoms with E-state index in [9.17, 15) is 0 Å². The Hall–Kier alpha value is -1.34. The number of methoxy groups -OCH3 is 1. The van der Waals surface area contributed by atoms with E-state index in [1.165, 1.54) is 5.56 Å². The predicted octanol–water partition coefficient (Wildman–Crippen LogP) is 3.29. The minimum atomic E-state index is 0.638. The molecule has 0 amide bonds. The highest BCUT2D eigenvalue weighted by Gasteiger charge is 1.88. The highest BCUT2D eigenvalue weighted by Crippen LogP contribution is 2.05. The lowest BCUT2D eigenvalue weighted by atomic mass is 10.1. The molecule has 0 atom stereocenters. The van der Waals surface area contributed by atoms with Gasteiger partial charge in [0.1, 0.15) is 0 Å². The van der Waals surface area contributed by atoms with Crippen molar-refractivity contribution in [3.63, 3.8) is 0 Å². The maximum absolute atomic E-state index is 4.97. The van der Waals surface area contributed by atoms with E-state index in [1.807, 2.05) is 18.2 Å². The molecule has 0 bridgehead atoms. The van der Waals surface area contributed by atoms with E-state index in [4.69, 9.17) is 4.74 Å². The fraction of sp³-hybridized carbons (Fsp3) is 0.231. The lowest BCUT2D eigenvalue weighted by Crippen LogP contribution is -1.90. The molecule has 0 saturated carbocycles. The Bertz CT molecular complexity index is 298. The molecule has 0 radical (unpaired) electrons. The van der Waals surface area contributed by atoms with Gasteiger partial charge in [-0.15, -0.1) is 0 Å². The maximum atomic E-state index is 4.97. The molecule has 0 aliphatic rings. The van der Waals surface area contributed by atoms with Gasteiger partial charge in [-0.1, -0.05) is 49.1 Å². The molecule has 0 N–H and O–H groups in total. The Morgan fingerprint density at radius 1 is 1.36 bits per heavy atom. The fourth-order valence-corrected chi connectivity index (χ4v) is 1.19. The monoisotopic (exact) mass is 188 g/mol. The van der Waals surface area contributed by atoms with Gasteiger partial charge in [-0.3, -0.25) is 0 Å². The van der Waals surface area contributed by atoms with E-state index >= 15 is 0 Å². The van der Waals surface area contributed by atoms with Gasteiger partial charge in [0.15, 0.2) is 0 Å². The molecular formula is C13H16O. The number of rotatable bonds is 5. The van der Waals surface area contributed by atoms with Gasteiger partial charge in [0.25, 0.3) is 0 Å². The van der Waals surface area contributed by atoms with Crippen LogP contribution in [0.15, 0.2) is 48.6 Å². The van der Waals surface area contributed by atoms with Crippen LogP contribution in [0, 0.1) is 0 Å². The van der Waals surface area contributed by atoms with Crippen LogP contribution in [-0.2, 0) is 4.74 Å². The van der Waals surface area contributed by atoms with Crippen molar-refractivity contribution >= 4 is 6.08 Å². The summed E-state index contributed by atoms with van der Waals surface area (Å²) in [6.07, 6.45) is 5.08. The Morgan fingerprint density at radius 3 is 2.71 bits per heavy atom. The highest BCUT2D eigenvalue weighted by molar-refractivity contribution is 5.49. The quantitative estimate of drug-likeness (QED) is 0.644. The van der Waals surface area contributed by atoms with Crippen molar-refractivity contribution in [3.05, 3.63) is 54.1 Å². The molecule has 1 aromatic carbocycles. The number of ether oxygens (including phenoxy) is 1. The van der Waals surface area contributed by atoms with Crippen LogP contribution in [-0.4, -0.2) is 13.7 Å². The first-order valence-corrected chi connectivity index (χ1v) is 4.70. The Labute approximate surface area is 85.7 Å². The first-order chi connectivity index (χ1) is 6.83. The lowest BCUT2D eigenvalue weighted by Gasteiger charge is -1.98. The molecule has 1 aromatic rings. The minimum Gasteiger partial charge on any atom is -0.380 e. The molecule has 0 aromatic heterocycles. The maximum Gasteiger partial charge on any atom is 0.0673 e. The predicted molar refractivity (Wildman–Crippen MR) is 61.1 cm³/mol. The summed E-state index contributed by atoms with van der Waals surface area (Å²) in [6, 6.07) is 10.2. The van der Waals surface area contributed by atoms with Crippen molar-refractivity contribution in [2.24, 2.45) is 0 Å². The molecule has 1 heteroatoms.